The van der Waals surface area contributed by atoms with E-state index in [1.54, 1.807) is 6.07 Å². The first-order valence-electron chi connectivity index (χ1n) is 5.82. The summed E-state index contributed by atoms with van der Waals surface area (Å²) >= 11 is 12.1. The molecule has 0 bridgehead atoms. The van der Waals surface area contributed by atoms with Crippen molar-refractivity contribution < 1.29 is 0 Å². The largest absolute Gasteiger partial charge is 0.328 e. The van der Waals surface area contributed by atoms with Gasteiger partial charge in [0.15, 0.2) is 0 Å². The van der Waals surface area contributed by atoms with Crippen molar-refractivity contribution in [1.82, 2.24) is 0 Å². The topological polar surface area (TPSA) is 26.0 Å². The van der Waals surface area contributed by atoms with E-state index in [9.17, 15) is 0 Å². The Bertz CT molecular complexity index is 412. The second-order valence-corrected chi connectivity index (χ2v) is 6.12. The lowest BCUT2D eigenvalue weighted by molar-refractivity contribution is 0.383. The van der Waals surface area contributed by atoms with Gasteiger partial charge in [0.25, 0.3) is 0 Å². The van der Waals surface area contributed by atoms with Gasteiger partial charge in [0.05, 0.1) is 0 Å². The van der Waals surface area contributed by atoms with Crippen LogP contribution in [0.15, 0.2) is 18.2 Å². The zero-order valence-electron chi connectivity index (χ0n) is 9.05. The Morgan fingerprint density at radius 3 is 2.50 bits per heavy atom. The summed E-state index contributed by atoms with van der Waals surface area (Å²) in [6, 6.07) is 6.35. The van der Waals surface area contributed by atoms with E-state index in [1.807, 2.05) is 0 Å². The number of halogens is 2. The van der Waals surface area contributed by atoms with E-state index < -0.39 is 0 Å². The van der Waals surface area contributed by atoms with E-state index in [0.29, 0.717) is 11.5 Å². The van der Waals surface area contributed by atoms with Crippen molar-refractivity contribution in [2.45, 2.75) is 37.1 Å². The molecule has 3 heteroatoms. The summed E-state index contributed by atoms with van der Waals surface area (Å²) < 4.78 is 0. The summed E-state index contributed by atoms with van der Waals surface area (Å²) in [6.07, 6.45) is 4.73. The monoisotopic (exact) mass is 255 g/mol. The number of rotatable bonds is 1. The highest BCUT2D eigenvalue weighted by atomic mass is 35.5. The van der Waals surface area contributed by atoms with E-state index >= 15 is 0 Å². The summed E-state index contributed by atoms with van der Waals surface area (Å²) in [5.41, 5.74) is 7.67. The minimum absolute atomic E-state index is 0.352. The molecular formula is C13H15Cl2N. The third kappa shape index (κ3) is 1.66. The van der Waals surface area contributed by atoms with E-state index in [4.69, 9.17) is 28.9 Å². The predicted octanol–water partition coefficient (Wildman–Crippen LogP) is 3.76. The Labute approximate surface area is 106 Å². The maximum atomic E-state index is 6.07. The molecule has 0 saturated heterocycles. The van der Waals surface area contributed by atoms with Crippen LogP contribution in [0.4, 0.5) is 0 Å². The van der Waals surface area contributed by atoms with Crippen LogP contribution < -0.4 is 5.73 Å². The molecule has 2 aliphatic rings. The molecule has 2 saturated carbocycles. The molecule has 86 valence electrons. The van der Waals surface area contributed by atoms with Crippen molar-refractivity contribution in [2.24, 2.45) is 11.7 Å². The van der Waals surface area contributed by atoms with Gasteiger partial charge in [-0.1, -0.05) is 23.2 Å². The highest BCUT2D eigenvalue weighted by molar-refractivity contribution is 6.34. The third-order valence-electron chi connectivity index (χ3n) is 4.22. The van der Waals surface area contributed by atoms with Gasteiger partial charge in [-0.3, -0.25) is 0 Å². The van der Waals surface area contributed by atoms with Gasteiger partial charge in [-0.15, -0.1) is 0 Å². The molecule has 2 N–H and O–H groups in total. The minimum Gasteiger partial charge on any atom is -0.328 e. The third-order valence-corrected chi connectivity index (χ3v) is 4.65. The van der Waals surface area contributed by atoms with Gasteiger partial charge in [0.2, 0.25) is 0 Å². The Morgan fingerprint density at radius 2 is 1.88 bits per heavy atom. The van der Waals surface area contributed by atoms with Gasteiger partial charge in [-0.05, 0) is 60.8 Å². The van der Waals surface area contributed by atoms with Crippen molar-refractivity contribution in [2.75, 3.05) is 0 Å². The van der Waals surface area contributed by atoms with Crippen LogP contribution in [0, 0.1) is 5.92 Å². The fourth-order valence-electron chi connectivity index (χ4n) is 3.26. The van der Waals surface area contributed by atoms with Crippen molar-refractivity contribution in [1.29, 1.82) is 0 Å². The predicted molar refractivity (Wildman–Crippen MR) is 68.1 cm³/mol. The Morgan fingerprint density at radius 1 is 1.19 bits per heavy atom. The van der Waals surface area contributed by atoms with Gasteiger partial charge in [-0.2, -0.15) is 0 Å². The Hall–Kier alpha value is -0.240. The molecule has 0 radical (unpaired) electrons. The first kappa shape index (κ1) is 10.9. The van der Waals surface area contributed by atoms with Crippen molar-refractivity contribution in [3.05, 3.63) is 33.8 Å². The zero-order chi connectivity index (χ0) is 11.3. The summed E-state index contributed by atoms with van der Waals surface area (Å²) in [5.74, 6) is 0.755. The molecule has 1 aromatic carbocycles. The fourth-order valence-corrected chi connectivity index (χ4v) is 3.79. The molecule has 1 unspecified atom stereocenters. The number of hydrogen-bond donors (Lipinski definition) is 1. The molecular weight excluding hydrogens is 241 g/mol. The SMILES string of the molecule is N[C@H]1CC[C@@]2(c3cc(Cl)cc(Cl)c3)CC2C1. The van der Waals surface area contributed by atoms with Crippen molar-refractivity contribution >= 4 is 23.2 Å². The number of benzene rings is 1. The van der Waals surface area contributed by atoms with Crippen molar-refractivity contribution in [3.63, 3.8) is 0 Å². The maximum absolute atomic E-state index is 6.07. The van der Waals surface area contributed by atoms with Crippen LogP contribution in [0.25, 0.3) is 0 Å². The van der Waals surface area contributed by atoms with Crippen LogP contribution in [0.3, 0.4) is 0 Å². The summed E-state index contributed by atoms with van der Waals surface area (Å²) in [4.78, 5) is 0. The molecule has 3 rings (SSSR count). The highest BCUT2D eigenvalue weighted by Gasteiger charge is 2.57. The van der Waals surface area contributed by atoms with E-state index in [0.717, 1.165) is 28.8 Å². The lowest BCUT2D eigenvalue weighted by Gasteiger charge is -2.26. The lowest BCUT2D eigenvalue weighted by Crippen LogP contribution is -2.29. The second kappa shape index (κ2) is 3.63. The molecule has 2 aliphatic carbocycles. The highest BCUT2D eigenvalue weighted by Crippen LogP contribution is 2.62. The van der Waals surface area contributed by atoms with E-state index in [2.05, 4.69) is 12.1 Å². The van der Waals surface area contributed by atoms with Gasteiger partial charge in [0.1, 0.15) is 0 Å². The molecule has 0 aliphatic heterocycles. The van der Waals surface area contributed by atoms with Gasteiger partial charge < -0.3 is 5.73 Å². The van der Waals surface area contributed by atoms with Crippen LogP contribution in [0.1, 0.15) is 31.2 Å². The maximum Gasteiger partial charge on any atom is 0.0423 e. The zero-order valence-corrected chi connectivity index (χ0v) is 10.6. The molecule has 1 nitrogen and oxygen atoms in total. The quantitative estimate of drug-likeness (QED) is 0.813. The number of nitrogens with two attached hydrogens (primary N) is 1. The van der Waals surface area contributed by atoms with Crippen LogP contribution >= 0.6 is 23.2 Å². The summed E-state index contributed by atoms with van der Waals surface area (Å²) in [6.45, 7) is 0. The number of fused-ring (bicyclic) bond motifs is 1. The average molecular weight is 256 g/mol. The molecule has 3 atom stereocenters. The lowest BCUT2D eigenvalue weighted by atomic mass is 9.81. The fraction of sp³-hybridized carbons (Fsp3) is 0.538. The summed E-state index contributed by atoms with van der Waals surface area (Å²) in [5, 5.41) is 1.50. The molecule has 0 aromatic heterocycles. The molecule has 0 heterocycles. The van der Waals surface area contributed by atoms with Crippen LogP contribution in [0.5, 0.6) is 0 Å². The molecule has 0 spiro atoms. The van der Waals surface area contributed by atoms with E-state index in [-0.39, 0.29) is 0 Å². The smallest absolute Gasteiger partial charge is 0.0423 e. The van der Waals surface area contributed by atoms with Crippen molar-refractivity contribution in [3.8, 4) is 0 Å². The normalized spacial score (nSPS) is 36.9. The Kier molecular flexibility index (Phi) is 2.47. The average Bonchev–Trinajstić information content (AvgIpc) is 2.91. The van der Waals surface area contributed by atoms with E-state index in [1.165, 1.54) is 18.4 Å². The van der Waals surface area contributed by atoms with Gasteiger partial charge >= 0.3 is 0 Å². The summed E-state index contributed by atoms with van der Waals surface area (Å²) in [7, 11) is 0. The molecule has 1 aromatic rings. The standard InChI is InChI=1S/C13H15Cl2N/c14-10-3-8(4-11(15)6-10)13-2-1-12(16)5-9(13)7-13/h3-4,6,9,12H,1-2,5,7,16H2/t9?,12-,13-/m0/s1. The minimum atomic E-state index is 0.352. The molecule has 0 amide bonds. The van der Waals surface area contributed by atoms with Gasteiger partial charge in [0, 0.05) is 16.1 Å². The molecule has 2 fully saturated rings. The van der Waals surface area contributed by atoms with Gasteiger partial charge in [-0.25, -0.2) is 0 Å². The van der Waals surface area contributed by atoms with Crippen LogP contribution in [-0.2, 0) is 5.41 Å². The second-order valence-electron chi connectivity index (χ2n) is 5.25. The first-order valence-corrected chi connectivity index (χ1v) is 6.58. The van der Waals surface area contributed by atoms with Crippen LogP contribution in [-0.4, -0.2) is 6.04 Å². The Balaban J connectivity index is 1.94. The first-order chi connectivity index (χ1) is 7.60. The molecule has 16 heavy (non-hydrogen) atoms. The number of hydrogen-bond acceptors (Lipinski definition) is 1. The van der Waals surface area contributed by atoms with Crippen LogP contribution in [0.2, 0.25) is 10.0 Å².